The number of hydrogen-bond donors (Lipinski definition) is 1. The molecule has 0 saturated heterocycles. The molecule has 0 radical (unpaired) electrons. The molecule has 1 heterocycles. The number of rotatable bonds is 4. The Kier molecular flexibility index (Phi) is 4.88. The van der Waals surface area contributed by atoms with Gasteiger partial charge < -0.3 is 0 Å². The quantitative estimate of drug-likeness (QED) is 0.893. The molecule has 1 aliphatic carbocycles. The molecule has 8 heteroatoms. The van der Waals surface area contributed by atoms with E-state index in [2.05, 4.69) is 15.5 Å². The lowest BCUT2D eigenvalue weighted by atomic mass is 9.98. The van der Waals surface area contributed by atoms with Crippen molar-refractivity contribution in [1.82, 2.24) is 10.2 Å². The first kappa shape index (κ1) is 18.3. The van der Waals surface area contributed by atoms with Crippen molar-refractivity contribution < 1.29 is 13.2 Å². The topological polar surface area (TPSA) is 89.0 Å². The van der Waals surface area contributed by atoms with Crippen LogP contribution in [-0.4, -0.2) is 34.5 Å². The Balaban J connectivity index is 2.17. The average molecular weight is 360 g/mol. The van der Waals surface area contributed by atoms with Crippen molar-refractivity contribution in [3.05, 3.63) is 5.01 Å². The van der Waals surface area contributed by atoms with Crippen LogP contribution in [0.3, 0.4) is 0 Å². The van der Waals surface area contributed by atoms with Crippen molar-refractivity contribution >= 4 is 32.2 Å². The van der Waals surface area contributed by atoms with E-state index >= 15 is 0 Å². The first-order valence-electron chi connectivity index (χ1n) is 7.85. The minimum Gasteiger partial charge on any atom is -0.299 e. The summed E-state index contributed by atoms with van der Waals surface area (Å²) in [6.45, 7) is 8.97. The third-order valence-electron chi connectivity index (χ3n) is 4.29. The lowest BCUT2D eigenvalue weighted by molar-refractivity contribution is -0.117. The van der Waals surface area contributed by atoms with Gasteiger partial charge in [0.1, 0.15) is 9.75 Å². The number of amides is 1. The molecule has 1 N–H and O–H groups in total. The zero-order valence-electron chi connectivity index (χ0n) is 14.3. The van der Waals surface area contributed by atoms with Gasteiger partial charge in [0.05, 0.1) is 5.25 Å². The second kappa shape index (κ2) is 6.12. The maximum absolute atomic E-state index is 12.8. The minimum atomic E-state index is -3.53. The Hall–Kier alpha value is -1.02. The van der Waals surface area contributed by atoms with Gasteiger partial charge in [-0.15, -0.1) is 10.2 Å². The zero-order chi connectivity index (χ0) is 17.5. The van der Waals surface area contributed by atoms with Gasteiger partial charge in [0.15, 0.2) is 9.84 Å². The highest BCUT2D eigenvalue weighted by molar-refractivity contribution is 7.94. The fourth-order valence-corrected chi connectivity index (χ4v) is 5.46. The van der Waals surface area contributed by atoms with Crippen LogP contribution in [0, 0.1) is 0 Å². The van der Waals surface area contributed by atoms with E-state index in [1.807, 2.05) is 20.8 Å². The molecule has 0 spiro atoms. The number of carbonyl (C=O) groups is 1. The number of nitrogens with one attached hydrogen (secondary N) is 1. The van der Waals surface area contributed by atoms with E-state index in [0.717, 1.165) is 17.8 Å². The SMILES string of the molecule is CC(C)(C)c1nnc(NC(=O)C(C)(C)S(=O)(=O)C2CCCC2)s1. The summed E-state index contributed by atoms with van der Waals surface area (Å²) in [5.74, 6) is -0.541. The standard InChI is InChI=1S/C15H25N3O3S2/c1-14(2,3)12-17-18-13(22-12)16-11(19)15(4,5)23(20,21)10-8-6-7-9-10/h10H,6-9H2,1-5H3,(H,16,18,19). The van der Waals surface area contributed by atoms with Gasteiger partial charge in [-0.3, -0.25) is 10.1 Å². The Morgan fingerprint density at radius 3 is 2.17 bits per heavy atom. The normalized spacial score (nSPS) is 17.4. The van der Waals surface area contributed by atoms with Gasteiger partial charge in [0, 0.05) is 5.41 Å². The van der Waals surface area contributed by atoms with Crippen LogP contribution < -0.4 is 5.32 Å². The highest BCUT2D eigenvalue weighted by Gasteiger charge is 2.47. The molecule has 23 heavy (non-hydrogen) atoms. The molecule has 1 amide bonds. The predicted octanol–water partition coefficient (Wildman–Crippen LogP) is 2.91. The molecular weight excluding hydrogens is 334 g/mol. The van der Waals surface area contributed by atoms with Crippen molar-refractivity contribution in [2.24, 2.45) is 0 Å². The molecule has 1 saturated carbocycles. The molecule has 2 rings (SSSR count). The van der Waals surface area contributed by atoms with Crippen LogP contribution in [0.25, 0.3) is 0 Å². The van der Waals surface area contributed by atoms with E-state index in [-0.39, 0.29) is 5.41 Å². The Morgan fingerprint density at radius 1 is 1.13 bits per heavy atom. The van der Waals surface area contributed by atoms with Crippen LogP contribution in [0.4, 0.5) is 5.13 Å². The fraction of sp³-hybridized carbons (Fsp3) is 0.800. The lowest BCUT2D eigenvalue weighted by Gasteiger charge is -2.26. The number of hydrogen-bond acceptors (Lipinski definition) is 6. The second-order valence-corrected chi connectivity index (χ2v) is 11.3. The van der Waals surface area contributed by atoms with Gasteiger partial charge in [-0.05, 0) is 26.7 Å². The van der Waals surface area contributed by atoms with Crippen molar-refractivity contribution in [2.75, 3.05) is 5.32 Å². The summed E-state index contributed by atoms with van der Waals surface area (Å²) in [6, 6.07) is 0. The summed E-state index contributed by atoms with van der Waals surface area (Å²) in [4.78, 5) is 12.5. The monoisotopic (exact) mass is 359 g/mol. The van der Waals surface area contributed by atoms with Crippen LogP contribution in [0.2, 0.25) is 0 Å². The van der Waals surface area contributed by atoms with Gasteiger partial charge in [0.2, 0.25) is 11.0 Å². The number of sulfone groups is 1. The number of carbonyl (C=O) groups excluding carboxylic acids is 1. The molecule has 0 aliphatic heterocycles. The lowest BCUT2D eigenvalue weighted by Crippen LogP contribution is -2.48. The largest absolute Gasteiger partial charge is 0.299 e. The Morgan fingerprint density at radius 2 is 1.70 bits per heavy atom. The van der Waals surface area contributed by atoms with Crippen LogP contribution in [0.15, 0.2) is 0 Å². The summed E-state index contributed by atoms with van der Waals surface area (Å²) in [5, 5.41) is 11.4. The molecule has 0 unspecified atom stereocenters. The van der Waals surface area contributed by atoms with Crippen molar-refractivity contribution in [1.29, 1.82) is 0 Å². The van der Waals surface area contributed by atoms with Crippen LogP contribution in [-0.2, 0) is 20.0 Å². The van der Waals surface area contributed by atoms with Crippen molar-refractivity contribution in [3.8, 4) is 0 Å². The first-order chi connectivity index (χ1) is 10.5. The smallest absolute Gasteiger partial charge is 0.247 e. The molecule has 0 bridgehead atoms. The number of aromatic nitrogens is 2. The second-order valence-electron chi connectivity index (χ2n) is 7.58. The van der Waals surface area contributed by atoms with Gasteiger partial charge in [-0.2, -0.15) is 0 Å². The molecule has 1 aliphatic rings. The Labute approximate surface area is 142 Å². The molecule has 1 aromatic rings. The first-order valence-corrected chi connectivity index (χ1v) is 10.2. The molecule has 130 valence electrons. The predicted molar refractivity (Wildman–Crippen MR) is 92.5 cm³/mol. The molecule has 1 aromatic heterocycles. The Bertz CT molecular complexity index is 681. The number of anilines is 1. The molecular formula is C15H25N3O3S2. The third kappa shape index (κ3) is 3.57. The van der Waals surface area contributed by atoms with Crippen molar-refractivity contribution in [2.45, 2.75) is 75.7 Å². The fourth-order valence-electron chi connectivity index (χ4n) is 2.57. The van der Waals surface area contributed by atoms with Crippen LogP contribution >= 0.6 is 11.3 Å². The zero-order valence-corrected chi connectivity index (χ0v) is 16.0. The van der Waals surface area contributed by atoms with E-state index < -0.39 is 25.7 Å². The molecule has 0 atom stereocenters. The maximum atomic E-state index is 12.8. The van der Waals surface area contributed by atoms with E-state index in [1.165, 1.54) is 25.2 Å². The highest BCUT2D eigenvalue weighted by atomic mass is 32.2. The van der Waals surface area contributed by atoms with Gasteiger partial charge in [-0.1, -0.05) is 44.9 Å². The summed E-state index contributed by atoms with van der Waals surface area (Å²) < 4.78 is 24.0. The summed E-state index contributed by atoms with van der Waals surface area (Å²) >= 11 is 1.28. The average Bonchev–Trinajstić information content (AvgIpc) is 3.08. The van der Waals surface area contributed by atoms with Gasteiger partial charge in [0.25, 0.3) is 0 Å². The third-order valence-corrected chi connectivity index (χ3v) is 8.51. The number of nitrogens with zero attached hydrogens (tertiary/aromatic N) is 2. The van der Waals surface area contributed by atoms with E-state index in [1.54, 1.807) is 0 Å². The summed E-state index contributed by atoms with van der Waals surface area (Å²) in [6.07, 6.45) is 3.11. The molecule has 0 aromatic carbocycles. The maximum Gasteiger partial charge on any atom is 0.247 e. The summed E-state index contributed by atoms with van der Waals surface area (Å²) in [5.41, 5.74) is -0.161. The van der Waals surface area contributed by atoms with Crippen LogP contribution in [0.1, 0.15) is 65.3 Å². The summed E-state index contributed by atoms with van der Waals surface area (Å²) in [7, 11) is -3.53. The minimum absolute atomic E-state index is 0.161. The van der Waals surface area contributed by atoms with Gasteiger partial charge >= 0.3 is 0 Å². The van der Waals surface area contributed by atoms with Crippen LogP contribution in [0.5, 0.6) is 0 Å². The van der Waals surface area contributed by atoms with E-state index in [9.17, 15) is 13.2 Å². The highest BCUT2D eigenvalue weighted by Crippen LogP contribution is 2.34. The van der Waals surface area contributed by atoms with E-state index in [4.69, 9.17) is 0 Å². The molecule has 6 nitrogen and oxygen atoms in total. The molecule has 1 fully saturated rings. The van der Waals surface area contributed by atoms with Crippen molar-refractivity contribution in [3.63, 3.8) is 0 Å². The van der Waals surface area contributed by atoms with Gasteiger partial charge in [-0.25, -0.2) is 8.42 Å². The van der Waals surface area contributed by atoms with E-state index in [0.29, 0.717) is 18.0 Å².